The highest BCUT2D eigenvalue weighted by molar-refractivity contribution is 6.31. The molecule has 0 aliphatic rings. The van der Waals surface area contributed by atoms with E-state index < -0.39 is 0 Å². The van der Waals surface area contributed by atoms with E-state index in [0.29, 0.717) is 33.5 Å². The quantitative estimate of drug-likeness (QED) is 0.243. The van der Waals surface area contributed by atoms with Crippen LogP contribution in [0.15, 0.2) is 85.8 Å². The Kier molecular flexibility index (Phi) is 6.12. The van der Waals surface area contributed by atoms with E-state index in [9.17, 15) is 4.79 Å². The lowest BCUT2D eigenvalue weighted by Crippen LogP contribution is -2.13. The molecule has 5 rings (SSSR count). The minimum atomic E-state index is -0.144. The standard InChI is InChI=1S/C28H22ClN3O3/c1-17(30-2)24-11-19-10-20(29)6-5-18(19)12-28(24)34-16-27(33)25-15-32-26-13-21(7-8-23(25)26)35-22-4-3-9-31-14-22/h3-15,30,32H,1,16H2,2H3. The van der Waals surface area contributed by atoms with Crippen LogP contribution < -0.4 is 14.8 Å². The van der Waals surface area contributed by atoms with Gasteiger partial charge in [0.25, 0.3) is 0 Å². The van der Waals surface area contributed by atoms with Gasteiger partial charge >= 0.3 is 0 Å². The van der Waals surface area contributed by atoms with Gasteiger partial charge in [0, 0.05) is 58.3 Å². The molecule has 0 spiro atoms. The van der Waals surface area contributed by atoms with Gasteiger partial charge in [-0.2, -0.15) is 0 Å². The van der Waals surface area contributed by atoms with Crippen molar-refractivity contribution >= 4 is 44.8 Å². The highest BCUT2D eigenvalue weighted by atomic mass is 35.5. The molecule has 0 aliphatic heterocycles. The summed E-state index contributed by atoms with van der Waals surface area (Å²) in [7, 11) is 1.79. The van der Waals surface area contributed by atoms with Gasteiger partial charge in [-0.05, 0) is 59.3 Å². The molecule has 0 aliphatic carbocycles. The first-order valence-electron chi connectivity index (χ1n) is 11.0. The number of carbonyl (C=O) groups is 1. The van der Waals surface area contributed by atoms with Gasteiger partial charge in [-0.25, -0.2) is 0 Å². The molecule has 6 nitrogen and oxygen atoms in total. The molecule has 2 heterocycles. The van der Waals surface area contributed by atoms with Crippen LogP contribution >= 0.6 is 11.6 Å². The number of hydrogen-bond acceptors (Lipinski definition) is 5. The summed E-state index contributed by atoms with van der Waals surface area (Å²) in [6, 6.07) is 18.6. The maximum atomic E-state index is 13.1. The number of ketones is 1. The molecule has 174 valence electrons. The van der Waals surface area contributed by atoms with Gasteiger partial charge in [-0.15, -0.1) is 0 Å². The molecule has 0 saturated carbocycles. The van der Waals surface area contributed by atoms with Gasteiger partial charge < -0.3 is 19.8 Å². The number of fused-ring (bicyclic) bond motifs is 2. The molecule has 0 unspecified atom stereocenters. The number of halogens is 1. The van der Waals surface area contributed by atoms with Gasteiger partial charge in [0.15, 0.2) is 6.61 Å². The summed E-state index contributed by atoms with van der Waals surface area (Å²) in [6.45, 7) is 3.94. The second kappa shape index (κ2) is 9.52. The molecular weight excluding hydrogens is 462 g/mol. The van der Waals surface area contributed by atoms with Gasteiger partial charge in [-0.3, -0.25) is 9.78 Å². The Bertz CT molecular complexity index is 1560. The summed E-state index contributed by atoms with van der Waals surface area (Å²) in [6.07, 6.45) is 5.02. The van der Waals surface area contributed by atoms with E-state index in [-0.39, 0.29) is 12.4 Å². The Hall–Kier alpha value is -4.29. The number of aromatic nitrogens is 2. The Labute approximate surface area is 207 Å². The fourth-order valence-electron chi connectivity index (χ4n) is 3.90. The summed E-state index contributed by atoms with van der Waals surface area (Å²) in [5, 5.41) is 6.41. The van der Waals surface area contributed by atoms with Crippen LogP contribution in [0.5, 0.6) is 17.2 Å². The average molecular weight is 484 g/mol. The van der Waals surface area contributed by atoms with E-state index >= 15 is 0 Å². The van der Waals surface area contributed by atoms with Gasteiger partial charge in [0.1, 0.15) is 17.2 Å². The molecular formula is C28H22ClN3O3. The van der Waals surface area contributed by atoms with Crippen LogP contribution in [0.4, 0.5) is 0 Å². The van der Waals surface area contributed by atoms with Crippen LogP contribution in [-0.4, -0.2) is 29.4 Å². The molecule has 3 aromatic carbocycles. The van der Waals surface area contributed by atoms with E-state index in [1.807, 2.05) is 54.6 Å². The third-order valence-electron chi connectivity index (χ3n) is 5.71. The highest BCUT2D eigenvalue weighted by Gasteiger charge is 2.16. The van der Waals surface area contributed by atoms with Crippen LogP contribution in [0.3, 0.4) is 0 Å². The van der Waals surface area contributed by atoms with Crippen molar-refractivity contribution in [1.82, 2.24) is 15.3 Å². The van der Waals surface area contributed by atoms with Crippen LogP contribution in [0.1, 0.15) is 15.9 Å². The molecule has 0 fully saturated rings. The number of rotatable bonds is 8. The van der Waals surface area contributed by atoms with Crippen LogP contribution in [0.25, 0.3) is 27.4 Å². The van der Waals surface area contributed by atoms with E-state index in [1.54, 1.807) is 31.7 Å². The molecule has 0 radical (unpaired) electrons. The number of hydrogen-bond donors (Lipinski definition) is 2. The highest BCUT2D eigenvalue weighted by Crippen LogP contribution is 2.32. The van der Waals surface area contributed by atoms with E-state index in [0.717, 1.165) is 27.2 Å². The predicted molar refractivity (Wildman–Crippen MR) is 139 cm³/mol. The molecule has 2 aromatic heterocycles. The van der Waals surface area contributed by atoms with Crippen molar-refractivity contribution in [2.24, 2.45) is 0 Å². The lowest BCUT2D eigenvalue weighted by molar-refractivity contribution is 0.0923. The first-order chi connectivity index (χ1) is 17.0. The third-order valence-corrected chi connectivity index (χ3v) is 5.95. The summed E-state index contributed by atoms with van der Waals surface area (Å²) in [4.78, 5) is 20.3. The minimum absolute atomic E-state index is 0.121. The molecule has 0 bridgehead atoms. The van der Waals surface area contributed by atoms with Crippen LogP contribution in [0.2, 0.25) is 5.02 Å². The number of carbonyl (C=O) groups excluding carboxylic acids is 1. The molecule has 7 heteroatoms. The number of nitrogens with one attached hydrogen (secondary N) is 2. The van der Waals surface area contributed by atoms with Crippen molar-refractivity contribution in [2.75, 3.05) is 13.7 Å². The lowest BCUT2D eigenvalue weighted by atomic mass is 10.0. The zero-order chi connectivity index (χ0) is 24.4. The number of Topliss-reactive ketones (excluding diaryl/α,β-unsaturated/α-hetero) is 1. The van der Waals surface area contributed by atoms with Crippen molar-refractivity contribution in [2.45, 2.75) is 0 Å². The predicted octanol–water partition coefficient (Wildman–Crippen LogP) is 6.61. The summed E-state index contributed by atoms with van der Waals surface area (Å²) in [5.74, 6) is 1.71. The minimum Gasteiger partial charge on any atom is -0.485 e. The van der Waals surface area contributed by atoms with Gasteiger partial charge in [0.05, 0.1) is 6.20 Å². The number of ether oxygens (including phenoxy) is 2. The Morgan fingerprint density at radius 2 is 1.94 bits per heavy atom. The van der Waals surface area contributed by atoms with Gasteiger partial charge in [0.2, 0.25) is 5.78 Å². The summed E-state index contributed by atoms with van der Waals surface area (Å²) >= 11 is 6.15. The maximum Gasteiger partial charge on any atom is 0.202 e. The van der Waals surface area contributed by atoms with E-state index in [1.165, 1.54) is 0 Å². The Morgan fingerprint density at radius 1 is 1.06 bits per heavy atom. The van der Waals surface area contributed by atoms with Crippen molar-refractivity contribution in [3.8, 4) is 17.2 Å². The zero-order valence-electron chi connectivity index (χ0n) is 19.0. The topological polar surface area (TPSA) is 76.2 Å². The smallest absolute Gasteiger partial charge is 0.202 e. The fourth-order valence-corrected chi connectivity index (χ4v) is 4.08. The molecule has 0 atom stereocenters. The normalized spacial score (nSPS) is 10.9. The summed E-state index contributed by atoms with van der Waals surface area (Å²) in [5.41, 5.74) is 2.80. The first-order valence-corrected chi connectivity index (χ1v) is 11.3. The second-order valence-electron chi connectivity index (χ2n) is 7.98. The van der Waals surface area contributed by atoms with Crippen LogP contribution in [-0.2, 0) is 0 Å². The van der Waals surface area contributed by atoms with Gasteiger partial charge in [-0.1, -0.05) is 24.2 Å². The summed E-state index contributed by atoms with van der Waals surface area (Å²) < 4.78 is 11.8. The molecule has 35 heavy (non-hydrogen) atoms. The van der Waals surface area contributed by atoms with Crippen molar-refractivity contribution in [3.63, 3.8) is 0 Å². The van der Waals surface area contributed by atoms with E-state index in [2.05, 4.69) is 21.9 Å². The zero-order valence-corrected chi connectivity index (χ0v) is 19.7. The average Bonchev–Trinajstić information content (AvgIpc) is 3.30. The van der Waals surface area contributed by atoms with E-state index in [4.69, 9.17) is 21.1 Å². The number of benzene rings is 3. The number of pyridine rings is 1. The van der Waals surface area contributed by atoms with Crippen molar-refractivity contribution < 1.29 is 14.3 Å². The molecule has 2 N–H and O–H groups in total. The number of nitrogens with zero attached hydrogens (tertiary/aromatic N) is 1. The molecule has 0 saturated heterocycles. The monoisotopic (exact) mass is 483 g/mol. The van der Waals surface area contributed by atoms with Crippen molar-refractivity contribution in [1.29, 1.82) is 0 Å². The maximum absolute atomic E-state index is 13.1. The third kappa shape index (κ3) is 4.69. The fraction of sp³-hybridized carbons (Fsp3) is 0.0714. The lowest BCUT2D eigenvalue weighted by Gasteiger charge is -2.14. The second-order valence-corrected chi connectivity index (χ2v) is 8.42. The Morgan fingerprint density at radius 3 is 2.74 bits per heavy atom. The molecule has 5 aromatic rings. The largest absolute Gasteiger partial charge is 0.485 e. The first kappa shape index (κ1) is 22.5. The number of H-pyrrole nitrogens is 1. The van der Waals surface area contributed by atoms with Crippen molar-refractivity contribution in [3.05, 3.63) is 102 Å². The number of aromatic amines is 1. The SMILES string of the molecule is C=C(NC)c1cc2cc(Cl)ccc2cc1OCC(=O)c1c[nH]c2cc(Oc3cccnc3)ccc12. The molecule has 0 amide bonds. The Balaban J connectivity index is 1.37. The van der Waals surface area contributed by atoms with Crippen LogP contribution in [0, 0.1) is 0 Å².